The number of amides is 3. The number of benzene rings is 2. The number of carboxylic acids is 2. The summed E-state index contributed by atoms with van der Waals surface area (Å²) in [6.07, 6.45) is 4.45. The number of aromatic nitrogens is 4. The number of unbranched alkanes of at least 4 members (excludes halogenated alkanes) is 1. The van der Waals surface area contributed by atoms with Crippen molar-refractivity contribution in [3.63, 3.8) is 0 Å². The Bertz CT molecular complexity index is 2550. The van der Waals surface area contributed by atoms with Gasteiger partial charge in [-0.2, -0.15) is 4.98 Å². The zero-order valence-electron chi connectivity index (χ0n) is 36.0. The number of H-pyrrole nitrogens is 1. The lowest BCUT2D eigenvalue weighted by molar-refractivity contribution is -0.140. The second kappa shape index (κ2) is 22.5. The molecule has 6 rings (SSSR count). The van der Waals surface area contributed by atoms with Crippen LogP contribution in [0.5, 0.6) is 0 Å². The maximum Gasteiger partial charge on any atom is 0.474 e. The molecule has 66 heavy (non-hydrogen) atoms. The van der Waals surface area contributed by atoms with Crippen molar-refractivity contribution in [1.82, 2.24) is 35.5 Å². The molecule has 22 nitrogen and oxygen atoms in total. The summed E-state index contributed by atoms with van der Waals surface area (Å²) in [6.45, 7) is 4.15. The molecule has 2 unspecified atom stereocenters. The van der Waals surface area contributed by atoms with Crippen LogP contribution in [-0.2, 0) is 55.2 Å². The summed E-state index contributed by atoms with van der Waals surface area (Å²) >= 11 is 0. The number of carbonyl (C=O) groups excluding carboxylic acids is 4. The third kappa shape index (κ3) is 12.3. The molecule has 23 heteroatoms. The van der Waals surface area contributed by atoms with Crippen LogP contribution in [0.25, 0.3) is 11.2 Å². The molecule has 2 aromatic carbocycles. The van der Waals surface area contributed by atoms with E-state index in [0.717, 1.165) is 5.56 Å². The highest BCUT2D eigenvalue weighted by molar-refractivity contribution is 7.48. The minimum atomic E-state index is -3.70. The van der Waals surface area contributed by atoms with Gasteiger partial charge in [-0.25, -0.2) is 19.3 Å². The molecular weight excluding hydrogens is 881 g/mol. The van der Waals surface area contributed by atoms with Gasteiger partial charge < -0.3 is 26.2 Å². The van der Waals surface area contributed by atoms with E-state index in [0.29, 0.717) is 24.2 Å². The minimum absolute atomic E-state index is 0.0395. The smallest absolute Gasteiger partial charge is 0.474 e. The van der Waals surface area contributed by atoms with E-state index in [9.17, 15) is 43.2 Å². The largest absolute Gasteiger partial charge is 0.481 e. The third-order valence-electron chi connectivity index (χ3n) is 10.7. The van der Waals surface area contributed by atoms with Crippen molar-refractivity contribution in [3.05, 3.63) is 100 Å². The Balaban J connectivity index is 1.12. The number of carboxylic acid groups (broad SMARTS) is 2. The van der Waals surface area contributed by atoms with Gasteiger partial charge in [0.1, 0.15) is 6.04 Å². The topological polar surface area (TPSA) is 311 Å². The maximum absolute atomic E-state index is 14.3. The molecule has 0 spiro atoms. The van der Waals surface area contributed by atoms with E-state index in [1.807, 2.05) is 35.2 Å². The van der Waals surface area contributed by atoms with Gasteiger partial charge in [-0.05, 0) is 69.0 Å². The number of phosphoric acid groups is 1. The predicted molar refractivity (Wildman–Crippen MR) is 236 cm³/mol. The van der Waals surface area contributed by atoms with Gasteiger partial charge in [0.2, 0.25) is 17.8 Å². The van der Waals surface area contributed by atoms with Crippen LogP contribution in [0.2, 0.25) is 0 Å². The van der Waals surface area contributed by atoms with E-state index in [4.69, 9.17) is 18.7 Å². The Morgan fingerprint density at radius 2 is 1.64 bits per heavy atom. The normalized spacial score (nSPS) is 18.4. The molecule has 7 N–H and O–H groups in total. The average molecular weight is 932 g/mol. The van der Waals surface area contributed by atoms with Crippen LogP contribution in [0, 0.1) is 11.8 Å². The fourth-order valence-corrected chi connectivity index (χ4v) is 8.86. The van der Waals surface area contributed by atoms with Gasteiger partial charge >= 0.3 is 19.8 Å². The zero-order valence-corrected chi connectivity index (χ0v) is 36.9. The summed E-state index contributed by atoms with van der Waals surface area (Å²) in [5.41, 5.74) is 0.952. The molecule has 4 aromatic rings. The predicted octanol–water partition coefficient (Wildman–Crippen LogP) is 3.03. The highest BCUT2D eigenvalue weighted by Crippen LogP contribution is 2.49. The Kier molecular flexibility index (Phi) is 16.6. The van der Waals surface area contributed by atoms with Gasteiger partial charge in [-0.15, -0.1) is 0 Å². The van der Waals surface area contributed by atoms with Gasteiger partial charge in [0, 0.05) is 36.8 Å². The van der Waals surface area contributed by atoms with E-state index in [1.165, 1.54) is 24.4 Å². The lowest BCUT2D eigenvalue weighted by Gasteiger charge is -2.31. The molecule has 1 saturated heterocycles. The molecule has 2 aliphatic heterocycles. The van der Waals surface area contributed by atoms with E-state index in [2.05, 4.69) is 41.2 Å². The van der Waals surface area contributed by atoms with Crippen LogP contribution in [0.1, 0.15) is 61.1 Å². The molecule has 1 fully saturated rings. The highest BCUT2D eigenvalue weighted by Gasteiger charge is 2.58. The van der Waals surface area contributed by atoms with Gasteiger partial charge in [0.25, 0.3) is 11.5 Å². The van der Waals surface area contributed by atoms with E-state index in [-0.39, 0.29) is 74.3 Å². The molecular formula is C43H50N9O13P. The van der Waals surface area contributed by atoms with Crippen molar-refractivity contribution in [3.8, 4) is 0 Å². The molecule has 2 aromatic heterocycles. The summed E-state index contributed by atoms with van der Waals surface area (Å²) < 4.78 is 28.3. The Morgan fingerprint density at radius 3 is 2.32 bits per heavy atom. The first kappa shape index (κ1) is 48.7. The molecule has 4 heterocycles. The Labute approximate surface area is 377 Å². The number of aromatic amines is 1. The quantitative estimate of drug-likeness (QED) is 0.0392. The van der Waals surface area contributed by atoms with Gasteiger partial charge in [0.15, 0.2) is 16.9 Å². The second-order valence-corrected chi connectivity index (χ2v) is 16.9. The van der Waals surface area contributed by atoms with Crippen molar-refractivity contribution in [1.29, 1.82) is 0 Å². The van der Waals surface area contributed by atoms with Crippen LogP contribution >= 0.6 is 7.82 Å². The summed E-state index contributed by atoms with van der Waals surface area (Å²) in [5.74, 6) is -7.26. The first-order valence-corrected chi connectivity index (χ1v) is 22.7. The van der Waals surface area contributed by atoms with Crippen molar-refractivity contribution in [2.45, 2.75) is 70.7 Å². The van der Waals surface area contributed by atoms with Gasteiger partial charge in [-0.1, -0.05) is 36.4 Å². The lowest BCUT2D eigenvalue weighted by atomic mass is 9.86. The fourth-order valence-electron chi connectivity index (χ4n) is 7.65. The first-order valence-electron chi connectivity index (χ1n) is 21.2. The molecule has 0 radical (unpaired) electrons. The number of ketones is 1. The number of fused-ring (bicyclic) bond motifs is 3. The van der Waals surface area contributed by atoms with Crippen molar-refractivity contribution in [2.75, 3.05) is 37.0 Å². The monoisotopic (exact) mass is 931 g/mol. The summed E-state index contributed by atoms with van der Waals surface area (Å²) in [4.78, 5) is 108. The van der Waals surface area contributed by atoms with Crippen LogP contribution in [-0.4, -0.2) is 115 Å². The van der Waals surface area contributed by atoms with Crippen LogP contribution in [0.4, 0.5) is 11.6 Å². The molecule has 5 atom stereocenters. The van der Waals surface area contributed by atoms with Gasteiger partial charge in [0.05, 0.1) is 56.1 Å². The first-order chi connectivity index (χ1) is 31.7. The maximum atomic E-state index is 14.3. The number of nitrogens with zero attached hydrogens (tertiary/aromatic N) is 4. The standard InChI is InChI=1S/C43H50N9O13P/c1-3-63-66(62,64-4-2)65-21-9-8-20-44-39(57)34-33(30-17-18-31(53)36(34)52(30)24-25-10-6-5-7-11-25)40(58)50-43-49-37-35(41(59)51-43)47-28(23-46-37)22-45-27-14-12-26(13-15-27)38(56)48-29(42(60)61)16-19-32(54)55/h5-7,10-15,17-18,23,29-30,33-34,36,45H,3-4,8-9,16,19-22,24H2,1-2H3,(H,44,57)(H,48,56)(H,54,55)(H,60,61)(H2,46,49,50,51,58,59)/t29-,30+,33?,34?,36-/m0/s1. The molecule has 0 saturated carbocycles. The number of nitrogens with one attached hydrogen (secondary N) is 5. The van der Waals surface area contributed by atoms with Gasteiger partial charge in [-0.3, -0.25) is 57.5 Å². The van der Waals surface area contributed by atoms with Crippen molar-refractivity contribution in [2.24, 2.45) is 11.8 Å². The lowest BCUT2D eigenvalue weighted by Crippen LogP contribution is -2.47. The number of carbonyl (C=O) groups is 6. The van der Waals surface area contributed by atoms with Crippen LogP contribution < -0.4 is 26.8 Å². The SMILES string of the molecule is CCOP(=O)(OCC)OCCCCNC(=O)C1C(C(=O)Nc2nc3ncc(CNc4ccc(C(=O)N[C@@H](CCC(=O)O)C(=O)O)cc4)nc3c(=O)[nH]2)[C@H]2C=CC(=O)[C@@H]1N2Cc1ccccc1. The number of phosphoric ester groups is 1. The molecule has 0 aliphatic carbocycles. The Hall–Kier alpha value is -6.71. The number of hydrogen-bond acceptors (Lipinski definition) is 16. The number of aliphatic carboxylic acids is 2. The fraction of sp³-hybridized carbons (Fsp3) is 0.395. The van der Waals surface area contributed by atoms with E-state index >= 15 is 0 Å². The van der Waals surface area contributed by atoms with Crippen LogP contribution in [0.3, 0.4) is 0 Å². The average Bonchev–Trinajstić information content (AvgIpc) is 3.52. The zero-order chi connectivity index (χ0) is 47.4. The molecule has 2 aliphatic rings. The van der Waals surface area contributed by atoms with Crippen molar-refractivity contribution >= 4 is 66.1 Å². The van der Waals surface area contributed by atoms with Crippen molar-refractivity contribution < 1.29 is 57.1 Å². The summed E-state index contributed by atoms with van der Waals surface area (Å²) in [5, 5.41) is 29.1. The molecule has 350 valence electrons. The van der Waals surface area contributed by atoms with E-state index in [1.54, 1.807) is 32.1 Å². The Morgan fingerprint density at radius 1 is 0.909 bits per heavy atom. The number of rotatable bonds is 24. The summed E-state index contributed by atoms with van der Waals surface area (Å²) in [6, 6.07) is 12.3. The number of hydrogen-bond donors (Lipinski definition) is 7. The third-order valence-corrected chi connectivity index (χ3v) is 12.3. The highest BCUT2D eigenvalue weighted by atomic mass is 31.2. The molecule has 2 bridgehead atoms. The summed E-state index contributed by atoms with van der Waals surface area (Å²) in [7, 11) is -3.70. The number of anilines is 2. The van der Waals surface area contributed by atoms with E-state index < -0.39 is 79.4 Å². The van der Waals surface area contributed by atoms with Crippen LogP contribution in [0.15, 0.2) is 77.7 Å². The molecule has 3 amide bonds. The minimum Gasteiger partial charge on any atom is -0.481 e. The second-order valence-electron chi connectivity index (χ2n) is 15.2.